The Hall–Kier alpha value is -3.23. The molecular formula is C28H31N3O4S. The zero-order chi connectivity index (χ0) is 25.1. The number of piperidine rings is 1. The Morgan fingerprint density at radius 3 is 2.33 bits per heavy atom. The van der Waals surface area contributed by atoms with Gasteiger partial charge in [0.2, 0.25) is 21.8 Å². The summed E-state index contributed by atoms with van der Waals surface area (Å²) < 4.78 is 28.1. The molecule has 7 nitrogen and oxygen atoms in total. The Kier molecular flexibility index (Phi) is 7.07. The van der Waals surface area contributed by atoms with Gasteiger partial charge in [-0.05, 0) is 66.3 Å². The summed E-state index contributed by atoms with van der Waals surface area (Å²) in [5, 5.41) is 4.78. The van der Waals surface area contributed by atoms with Crippen molar-refractivity contribution in [3.05, 3.63) is 72.3 Å². The summed E-state index contributed by atoms with van der Waals surface area (Å²) in [7, 11) is -3.70. The standard InChI is InChI=1S/C28H31N3O4S/c32-27(30-15-3-4-16-30)18-21-9-12-25(13-10-21)29-28(33)24-8-5-17-31(20-24)36(34,35)26-14-11-22-6-1-2-7-23(22)19-26/h1-2,6-7,9-14,19,24H,3-5,8,15-18,20H2,(H,29,33)/t24-/m0/s1. The first kappa shape index (κ1) is 24.5. The van der Waals surface area contributed by atoms with E-state index in [1.807, 2.05) is 47.4 Å². The number of likely N-dealkylation sites (tertiary alicyclic amines) is 1. The van der Waals surface area contributed by atoms with E-state index in [0.29, 0.717) is 31.5 Å². The lowest BCUT2D eigenvalue weighted by Gasteiger charge is -2.31. The van der Waals surface area contributed by atoms with Crippen LogP contribution >= 0.6 is 0 Å². The molecule has 8 heteroatoms. The number of anilines is 1. The van der Waals surface area contributed by atoms with Gasteiger partial charge >= 0.3 is 0 Å². The van der Waals surface area contributed by atoms with Crippen LogP contribution in [0.4, 0.5) is 5.69 Å². The van der Waals surface area contributed by atoms with Crippen LogP contribution in [0, 0.1) is 5.92 Å². The molecule has 5 rings (SSSR count). The molecule has 3 aromatic carbocycles. The highest BCUT2D eigenvalue weighted by Gasteiger charge is 2.33. The zero-order valence-electron chi connectivity index (χ0n) is 20.2. The number of rotatable bonds is 6. The second kappa shape index (κ2) is 10.4. The molecule has 0 aliphatic carbocycles. The van der Waals surface area contributed by atoms with Crippen molar-refractivity contribution < 1.29 is 18.0 Å². The Balaban J connectivity index is 1.21. The average molecular weight is 506 g/mol. The van der Waals surface area contributed by atoms with Crippen molar-refractivity contribution in [1.29, 1.82) is 0 Å². The highest BCUT2D eigenvalue weighted by molar-refractivity contribution is 7.89. The van der Waals surface area contributed by atoms with Crippen LogP contribution in [0.25, 0.3) is 10.8 Å². The summed E-state index contributed by atoms with van der Waals surface area (Å²) >= 11 is 0. The fourth-order valence-electron chi connectivity index (χ4n) is 5.05. The van der Waals surface area contributed by atoms with Gasteiger partial charge in [-0.25, -0.2) is 8.42 Å². The van der Waals surface area contributed by atoms with Gasteiger partial charge in [0, 0.05) is 31.9 Å². The number of hydrogen-bond donors (Lipinski definition) is 1. The number of hydrogen-bond acceptors (Lipinski definition) is 4. The first-order valence-corrected chi connectivity index (χ1v) is 14.0. The average Bonchev–Trinajstić information content (AvgIpc) is 3.45. The topological polar surface area (TPSA) is 86.8 Å². The number of sulfonamides is 1. The lowest BCUT2D eigenvalue weighted by atomic mass is 9.98. The van der Waals surface area contributed by atoms with Crippen LogP contribution < -0.4 is 5.32 Å². The molecule has 2 amide bonds. The normalized spacial score (nSPS) is 18.9. The van der Waals surface area contributed by atoms with E-state index in [4.69, 9.17) is 0 Å². The molecule has 2 aliphatic heterocycles. The summed E-state index contributed by atoms with van der Waals surface area (Å²) in [5.74, 6) is -0.473. The third kappa shape index (κ3) is 5.29. The van der Waals surface area contributed by atoms with E-state index in [-0.39, 0.29) is 23.3 Å². The van der Waals surface area contributed by atoms with Crippen LogP contribution in [0.15, 0.2) is 71.6 Å². The van der Waals surface area contributed by atoms with Crippen LogP contribution in [0.5, 0.6) is 0 Å². The maximum absolute atomic E-state index is 13.3. The Morgan fingerprint density at radius 2 is 1.58 bits per heavy atom. The van der Waals surface area contributed by atoms with Gasteiger partial charge in [-0.2, -0.15) is 4.31 Å². The van der Waals surface area contributed by atoms with E-state index in [2.05, 4.69) is 5.32 Å². The maximum Gasteiger partial charge on any atom is 0.243 e. The minimum atomic E-state index is -3.70. The second-order valence-corrected chi connectivity index (χ2v) is 11.6. The van der Waals surface area contributed by atoms with Gasteiger partial charge in [-0.15, -0.1) is 0 Å². The van der Waals surface area contributed by atoms with Gasteiger partial charge in [0.15, 0.2) is 0 Å². The first-order chi connectivity index (χ1) is 17.4. The van der Waals surface area contributed by atoms with Gasteiger partial charge in [0.05, 0.1) is 17.2 Å². The number of carbonyl (C=O) groups excluding carboxylic acids is 2. The number of benzene rings is 3. The number of nitrogens with one attached hydrogen (secondary N) is 1. The SMILES string of the molecule is O=C(Nc1ccc(CC(=O)N2CCCC2)cc1)[C@H]1CCCN(S(=O)(=O)c2ccc3ccccc3c2)C1. The summed E-state index contributed by atoms with van der Waals surface area (Å²) in [5.41, 5.74) is 1.56. The zero-order valence-corrected chi connectivity index (χ0v) is 21.0. The van der Waals surface area contributed by atoms with Crippen molar-refractivity contribution in [1.82, 2.24) is 9.21 Å². The monoisotopic (exact) mass is 505 g/mol. The predicted octanol–water partition coefficient (Wildman–Crippen LogP) is 4.04. The molecule has 0 spiro atoms. The summed E-state index contributed by atoms with van der Waals surface area (Å²) in [6.45, 7) is 2.23. The smallest absolute Gasteiger partial charge is 0.243 e. The molecule has 2 aliphatic rings. The molecule has 1 N–H and O–H groups in total. The summed E-state index contributed by atoms with van der Waals surface area (Å²) in [6, 6.07) is 20.1. The molecule has 0 aromatic heterocycles. The quantitative estimate of drug-likeness (QED) is 0.548. The van der Waals surface area contributed by atoms with Crippen molar-refractivity contribution in [3.63, 3.8) is 0 Å². The highest BCUT2D eigenvalue weighted by atomic mass is 32.2. The molecule has 0 saturated carbocycles. The van der Waals surface area contributed by atoms with E-state index in [1.54, 1.807) is 24.3 Å². The van der Waals surface area contributed by atoms with Gasteiger partial charge in [0.1, 0.15) is 0 Å². The predicted molar refractivity (Wildman–Crippen MR) is 140 cm³/mol. The third-order valence-electron chi connectivity index (χ3n) is 7.15. The van der Waals surface area contributed by atoms with E-state index >= 15 is 0 Å². The fraction of sp³-hybridized carbons (Fsp3) is 0.357. The molecule has 0 bridgehead atoms. The molecule has 2 fully saturated rings. The largest absolute Gasteiger partial charge is 0.342 e. The molecule has 1 atom stereocenters. The van der Waals surface area contributed by atoms with Crippen LogP contribution in [0.2, 0.25) is 0 Å². The van der Waals surface area contributed by atoms with E-state index in [0.717, 1.165) is 42.3 Å². The van der Waals surface area contributed by atoms with Crippen molar-refractivity contribution in [2.45, 2.75) is 37.0 Å². The van der Waals surface area contributed by atoms with E-state index in [1.165, 1.54) is 4.31 Å². The lowest BCUT2D eigenvalue weighted by Crippen LogP contribution is -2.43. The minimum absolute atomic E-state index is 0.138. The molecular weight excluding hydrogens is 474 g/mol. The Labute approximate surface area is 212 Å². The Morgan fingerprint density at radius 1 is 0.861 bits per heavy atom. The molecule has 0 radical (unpaired) electrons. The molecule has 2 saturated heterocycles. The van der Waals surface area contributed by atoms with Crippen LogP contribution in [0.1, 0.15) is 31.2 Å². The fourth-order valence-corrected chi connectivity index (χ4v) is 6.61. The molecule has 3 aromatic rings. The van der Waals surface area contributed by atoms with Crippen LogP contribution in [0.3, 0.4) is 0 Å². The van der Waals surface area contributed by atoms with Gasteiger partial charge in [-0.3, -0.25) is 9.59 Å². The number of amides is 2. The Bertz CT molecular complexity index is 1370. The van der Waals surface area contributed by atoms with Crippen molar-refractivity contribution >= 4 is 38.3 Å². The molecule has 2 heterocycles. The van der Waals surface area contributed by atoms with Crippen molar-refractivity contribution in [3.8, 4) is 0 Å². The van der Waals surface area contributed by atoms with Crippen LogP contribution in [-0.4, -0.2) is 55.6 Å². The molecule has 36 heavy (non-hydrogen) atoms. The minimum Gasteiger partial charge on any atom is -0.342 e. The summed E-state index contributed by atoms with van der Waals surface area (Å²) in [4.78, 5) is 27.5. The summed E-state index contributed by atoms with van der Waals surface area (Å²) in [6.07, 6.45) is 3.76. The van der Waals surface area contributed by atoms with Gasteiger partial charge in [-0.1, -0.05) is 42.5 Å². The highest BCUT2D eigenvalue weighted by Crippen LogP contribution is 2.27. The number of carbonyl (C=O) groups is 2. The second-order valence-electron chi connectivity index (χ2n) is 9.66. The van der Waals surface area contributed by atoms with Crippen molar-refractivity contribution in [2.24, 2.45) is 5.92 Å². The first-order valence-electron chi connectivity index (χ1n) is 12.6. The maximum atomic E-state index is 13.3. The van der Waals surface area contributed by atoms with Crippen LogP contribution in [-0.2, 0) is 26.0 Å². The van der Waals surface area contributed by atoms with Gasteiger partial charge in [0.25, 0.3) is 0 Å². The molecule has 188 valence electrons. The van der Waals surface area contributed by atoms with Crippen molar-refractivity contribution in [2.75, 3.05) is 31.5 Å². The number of nitrogens with zero attached hydrogens (tertiary/aromatic N) is 2. The molecule has 0 unspecified atom stereocenters. The van der Waals surface area contributed by atoms with E-state index in [9.17, 15) is 18.0 Å². The van der Waals surface area contributed by atoms with E-state index < -0.39 is 15.9 Å². The van der Waals surface area contributed by atoms with Gasteiger partial charge < -0.3 is 10.2 Å². The third-order valence-corrected chi connectivity index (χ3v) is 9.01. The lowest BCUT2D eigenvalue weighted by molar-refractivity contribution is -0.129. The number of fused-ring (bicyclic) bond motifs is 1.